The highest BCUT2D eigenvalue weighted by Gasteiger charge is 2.59. The molecule has 0 bridgehead atoms. The van der Waals surface area contributed by atoms with Crippen LogP contribution in [0.15, 0.2) is 11.6 Å². The summed E-state index contributed by atoms with van der Waals surface area (Å²) in [5, 5.41) is 21.0. The van der Waals surface area contributed by atoms with Crippen molar-refractivity contribution in [1.82, 2.24) is 0 Å². The van der Waals surface area contributed by atoms with Crippen LogP contribution in [0.2, 0.25) is 0 Å². The van der Waals surface area contributed by atoms with Gasteiger partial charge >= 0.3 is 0 Å². The van der Waals surface area contributed by atoms with Crippen LogP contribution in [0.4, 0.5) is 0 Å². The van der Waals surface area contributed by atoms with Gasteiger partial charge in [0.15, 0.2) is 0 Å². The second-order valence-electron chi connectivity index (χ2n) is 12.4. The molecule has 0 saturated heterocycles. The molecule has 0 amide bonds. The molecule has 0 radical (unpaired) electrons. The smallest absolute Gasteiger partial charge is 0.231 e. The first-order chi connectivity index (χ1) is 16.1. The first-order valence-corrected chi connectivity index (χ1v) is 13.5. The molecule has 0 aromatic heterocycles. The number of aliphatic hydroxyl groups is 1. The largest absolute Gasteiger partial charge is 0.393 e. The summed E-state index contributed by atoms with van der Waals surface area (Å²) in [6.45, 7) is 12.6. The first kappa shape index (κ1) is 28.7. The molecule has 4 rings (SSSR count). The minimum atomic E-state index is -0.0766. The minimum absolute atomic E-state index is 0.0766. The van der Waals surface area contributed by atoms with Crippen molar-refractivity contribution in [3.8, 4) is 0 Å². The van der Waals surface area contributed by atoms with Crippen molar-refractivity contribution in [1.29, 1.82) is 10.8 Å². The van der Waals surface area contributed by atoms with E-state index in [2.05, 4.69) is 40.7 Å². The first-order valence-electron chi connectivity index (χ1n) is 13.5. The predicted molar refractivity (Wildman–Crippen MR) is 136 cm³/mol. The molecule has 0 aromatic carbocycles. The third kappa shape index (κ3) is 5.99. The van der Waals surface area contributed by atoms with Crippen LogP contribution in [0, 0.1) is 57.2 Å². The maximum absolute atomic E-state index is 10.2. The normalized spacial score (nSPS) is 38.8. The molecule has 0 heterocycles. The van der Waals surface area contributed by atoms with E-state index in [4.69, 9.17) is 20.4 Å². The number of hydrogen-bond acceptors (Lipinski definition) is 5. The average Bonchev–Trinajstić information content (AvgIpc) is 3.12. The Labute approximate surface area is 207 Å². The Balaban J connectivity index is 0.000000618. The monoisotopic (exact) mass is 472 g/mol. The van der Waals surface area contributed by atoms with Crippen molar-refractivity contribution < 1.29 is 14.7 Å². The summed E-state index contributed by atoms with van der Waals surface area (Å²) in [5.41, 5.74) is 2.60. The van der Waals surface area contributed by atoms with Crippen molar-refractivity contribution >= 4 is 12.2 Å². The minimum Gasteiger partial charge on any atom is -0.393 e. The van der Waals surface area contributed by atoms with Gasteiger partial charge in [-0.05, 0) is 97.7 Å². The molecule has 34 heavy (non-hydrogen) atoms. The van der Waals surface area contributed by atoms with E-state index in [-0.39, 0.29) is 6.10 Å². The lowest BCUT2D eigenvalue weighted by Crippen LogP contribution is -2.50. The van der Waals surface area contributed by atoms with Crippen molar-refractivity contribution in [2.45, 2.75) is 111 Å². The van der Waals surface area contributed by atoms with Crippen LogP contribution in [0.3, 0.4) is 0 Å². The fourth-order valence-corrected chi connectivity index (χ4v) is 8.67. The van der Waals surface area contributed by atoms with Gasteiger partial charge < -0.3 is 5.11 Å². The molecule has 4 aliphatic carbocycles. The van der Waals surface area contributed by atoms with Gasteiger partial charge in [-0.25, -0.2) is 20.4 Å². The van der Waals surface area contributed by atoms with Gasteiger partial charge in [0.05, 0.1) is 6.10 Å². The number of hydrogen-bond donors (Lipinski definition) is 3. The van der Waals surface area contributed by atoms with Crippen LogP contribution < -0.4 is 0 Å². The van der Waals surface area contributed by atoms with Crippen molar-refractivity contribution in [2.75, 3.05) is 0 Å². The second-order valence-corrected chi connectivity index (χ2v) is 12.4. The maximum atomic E-state index is 10.2. The average molecular weight is 473 g/mol. The van der Waals surface area contributed by atoms with Crippen LogP contribution in [-0.4, -0.2) is 23.4 Å². The van der Waals surface area contributed by atoms with Crippen LogP contribution >= 0.6 is 0 Å². The van der Waals surface area contributed by atoms with E-state index < -0.39 is 0 Å². The molecule has 0 unspecified atom stereocenters. The van der Waals surface area contributed by atoms with Gasteiger partial charge in [-0.15, -0.1) is 0 Å². The SMILES string of the molecule is CC(C)CCC[C@@H](C)[C@H]1CC[C@H]2[C@@H]3CC=C4C[C@@H](O)CC[C@]4(C)[C@H]3CC[C@]12C.N=C=O.N=C=O. The molecular weight excluding hydrogens is 424 g/mol. The summed E-state index contributed by atoms with van der Waals surface area (Å²) in [6, 6.07) is 0. The Hall–Kier alpha value is -1.54. The van der Waals surface area contributed by atoms with Gasteiger partial charge in [0.1, 0.15) is 0 Å². The third-order valence-electron chi connectivity index (χ3n) is 10.3. The van der Waals surface area contributed by atoms with E-state index in [9.17, 15) is 5.11 Å². The molecule has 4 aliphatic rings. The van der Waals surface area contributed by atoms with E-state index in [1.165, 1.54) is 57.8 Å². The van der Waals surface area contributed by atoms with Gasteiger partial charge in [0, 0.05) is 0 Å². The topological polar surface area (TPSA) is 102 Å². The fourth-order valence-electron chi connectivity index (χ4n) is 8.67. The molecule has 5 nitrogen and oxygen atoms in total. The molecule has 3 saturated carbocycles. The zero-order chi connectivity index (χ0) is 25.5. The summed E-state index contributed by atoms with van der Waals surface area (Å²) in [4.78, 5) is 16.7. The molecule has 5 heteroatoms. The molecule has 0 spiro atoms. The van der Waals surface area contributed by atoms with Crippen LogP contribution in [0.5, 0.6) is 0 Å². The Morgan fingerprint density at radius 1 is 1.00 bits per heavy atom. The Morgan fingerprint density at radius 2 is 1.65 bits per heavy atom. The predicted octanol–water partition coefficient (Wildman–Crippen LogP) is 7.19. The van der Waals surface area contributed by atoms with Gasteiger partial charge in [-0.3, -0.25) is 0 Å². The Bertz CT molecular complexity index is 753. The lowest BCUT2D eigenvalue weighted by atomic mass is 9.47. The molecule has 8 atom stereocenters. The van der Waals surface area contributed by atoms with Crippen LogP contribution in [0.1, 0.15) is 105 Å². The highest BCUT2D eigenvalue weighted by molar-refractivity contribution is 5.26. The quantitative estimate of drug-likeness (QED) is 0.224. The summed E-state index contributed by atoms with van der Waals surface area (Å²) in [5.74, 6) is 5.46. The second kappa shape index (κ2) is 12.4. The number of allylic oxidation sites excluding steroid dienone is 1. The van der Waals surface area contributed by atoms with Crippen molar-refractivity contribution in [3.05, 3.63) is 11.6 Å². The zero-order valence-electron chi connectivity index (χ0n) is 22.2. The van der Waals surface area contributed by atoms with Crippen LogP contribution in [0.25, 0.3) is 0 Å². The van der Waals surface area contributed by atoms with E-state index in [0.717, 1.165) is 60.5 Å². The van der Waals surface area contributed by atoms with Crippen molar-refractivity contribution in [2.24, 2.45) is 46.3 Å². The summed E-state index contributed by atoms with van der Waals surface area (Å²) < 4.78 is 0. The molecule has 3 N–H and O–H groups in total. The summed E-state index contributed by atoms with van der Waals surface area (Å²) in [7, 11) is 0. The Kier molecular flexibility index (Phi) is 10.5. The number of carbonyl (C=O) groups excluding carboxylic acids is 2. The molecule has 192 valence electrons. The van der Waals surface area contributed by atoms with Crippen molar-refractivity contribution in [3.63, 3.8) is 0 Å². The summed E-state index contributed by atoms with van der Waals surface area (Å²) >= 11 is 0. The van der Waals surface area contributed by atoms with E-state index in [0.29, 0.717) is 10.8 Å². The third-order valence-corrected chi connectivity index (χ3v) is 10.3. The molecule has 0 aliphatic heterocycles. The van der Waals surface area contributed by atoms with E-state index in [1.54, 1.807) is 5.57 Å². The molecule has 3 fully saturated rings. The van der Waals surface area contributed by atoms with Gasteiger partial charge in [0.2, 0.25) is 12.2 Å². The van der Waals surface area contributed by atoms with Gasteiger partial charge in [-0.2, -0.15) is 0 Å². The standard InChI is InChI=1S/C27H46O.2CHNO/c1-18(2)7-6-8-19(3)23-11-12-24-22-10-9-20-17-21(28)13-15-26(20,4)25(22)14-16-27(23,24)5;2*2-1-3/h9,18-19,21-25,28H,6-8,10-17H2,1-5H3;2*2H/t19-,21+,22+,23-,24+,25+,26+,27-;;/m1../s1. The van der Waals surface area contributed by atoms with Gasteiger partial charge in [0.25, 0.3) is 0 Å². The number of aliphatic hydroxyl groups excluding tert-OH is 1. The summed E-state index contributed by atoms with van der Waals surface area (Å²) in [6.07, 6.45) is 18.7. The zero-order valence-corrected chi connectivity index (χ0v) is 22.2. The number of nitrogens with one attached hydrogen (secondary N) is 2. The number of rotatable bonds is 5. The lowest BCUT2D eigenvalue weighted by Gasteiger charge is -2.58. The van der Waals surface area contributed by atoms with Gasteiger partial charge in [-0.1, -0.05) is 65.5 Å². The Morgan fingerprint density at radius 3 is 2.26 bits per heavy atom. The highest BCUT2D eigenvalue weighted by atomic mass is 16.3. The fraction of sp³-hybridized carbons (Fsp3) is 0.862. The maximum Gasteiger partial charge on any atom is 0.231 e. The molecule has 0 aromatic rings. The van der Waals surface area contributed by atoms with E-state index in [1.807, 2.05) is 0 Å². The van der Waals surface area contributed by atoms with Crippen LogP contribution in [-0.2, 0) is 9.59 Å². The lowest BCUT2D eigenvalue weighted by molar-refractivity contribution is -0.0573. The molecular formula is C29H48N2O3. The number of fused-ring (bicyclic) bond motifs is 5. The highest BCUT2D eigenvalue weighted by Crippen LogP contribution is 2.67. The van der Waals surface area contributed by atoms with E-state index >= 15 is 0 Å². The number of isocyanates is 2.